The standard InChI is InChI=1S/C14H15N3O/c1-17-10-11(6-4-5-9-15)14(16-17)12-7-2-3-8-13(12)18/h2-3,7-8,10,18H,4-6H2,1H3. The zero-order valence-corrected chi connectivity index (χ0v) is 10.3. The smallest absolute Gasteiger partial charge is 0.125 e. The van der Waals surface area contributed by atoms with Crippen LogP contribution in [0.5, 0.6) is 5.75 Å². The number of hydrogen-bond donors (Lipinski definition) is 1. The largest absolute Gasteiger partial charge is 0.507 e. The number of aryl methyl sites for hydroxylation is 2. The maximum atomic E-state index is 9.87. The Labute approximate surface area is 106 Å². The predicted molar refractivity (Wildman–Crippen MR) is 68.9 cm³/mol. The SMILES string of the molecule is Cn1cc(CCCC#N)c(-c2ccccc2O)n1. The predicted octanol–water partition coefficient (Wildman–Crippen LogP) is 2.64. The molecule has 2 rings (SSSR count). The number of benzene rings is 1. The Hall–Kier alpha value is -2.28. The molecular formula is C14H15N3O. The van der Waals surface area contributed by atoms with Crippen molar-refractivity contribution in [1.82, 2.24) is 9.78 Å². The summed E-state index contributed by atoms with van der Waals surface area (Å²) in [6.07, 6.45) is 4.09. The van der Waals surface area contributed by atoms with Gasteiger partial charge < -0.3 is 5.11 Å². The summed E-state index contributed by atoms with van der Waals surface area (Å²) in [6.45, 7) is 0. The van der Waals surface area contributed by atoms with Gasteiger partial charge in [-0.3, -0.25) is 4.68 Å². The number of aromatic nitrogens is 2. The highest BCUT2D eigenvalue weighted by molar-refractivity contribution is 5.69. The second kappa shape index (κ2) is 5.37. The molecule has 0 amide bonds. The monoisotopic (exact) mass is 241 g/mol. The van der Waals surface area contributed by atoms with E-state index >= 15 is 0 Å². The molecule has 0 aliphatic heterocycles. The van der Waals surface area contributed by atoms with E-state index in [0.717, 1.165) is 29.7 Å². The topological polar surface area (TPSA) is 61.8 Å². The number of unbranched alkanes of at least 4 members (excludes halogenated alkanes) is 1. The van der Waals surface area contributed by atoms with Gasteiger partial charge in [0.2, 0.25) is 0 Å². The van der Waals surface area contributed by atoms with Gasteiger partial charge in [0.1, 0.15) is 5.75 Å². The number of rotatable bonds is 4. The van der Waals surface area contributed by atoms with E-state index in [2.05, 4.69) is 11.2 Å². The highest BCUT2D eigenvalue weighted by Crippen LogP contribution is 2.30. The summed E-state index contributed by atoms with van der Waals surface area (Å²) in [4.78, 5) is 0. The molecule has 1 aromatic heterocycles. The quantitative estimate of drug-likeness (QED) is 0.837. The van der Waals surface area contributed by atoms with E-state index in [1.54, 1.807) is 16.8 Å². The molecule has 0 saturated heterocycles. The zero-order chi connectivity index (χ0) is 13.0. The van der Waals surface area contributed by atoms with Crippen molar-refractivity contribution in [3.8, 4) is 23.1 Å². The number of nitrogens with zero attached hydrogens (tertiary/aromatic N) is 3. The lowest BCUT2D eigenvalue weighted by Crippen LogP contribution is -1.89. The van der Waals surface area contributed by atoms with E-state index in [4.69, 9.17) is 5.26 Å². The van der Waals surface area contributed by atoms with E-state index in [9.17, 15) is 5.11 Å². The molecule has 1 aromatic carbocycles. The van der Waals surface area contributed by atoms with Crippen molar-refractivity contribution in [3.05, 3.63) is 36.0 Å². The van der Waals surface area contributed by atoms with Crippen molar-refractivity contribution in [2.75, 3.05) is 0 Å². The Bertz CT molecular complexity index is 581. The van der Waals surface area contributed by atoms with Crippen LogP contribution in [0.2, 0.25) is 0 Å². The fraction of sp³-hybridized carbons (Fsp3) is 0.286. The number of phenolic OH excluding ortho intramolecular Hbond substituents is 1. The van der Waals surface area contributed by atoms with Crippen LogP contribution in [0.15, 0.2) is 30.5 Å². The lowest BCUT2D eigenvalue weighted by atomic mass is 10.0. The third kappa shape index (κ3) is 2.51. The van der Waals surface area contributed by atoms with Crippen LogP contribution in [0.25, 0.3) is 11.3 Å². The summed E-state index contributed by atoms with van der Waals surface area (Å²) in [7, 11) is 1.86. The second-order valence-corrected chi connectivity index (χ2v) is 4.21. The van der Waals surface area contributed by atoms with Gasteiger partial charge >= 0.3 is 0 Å². The molecule has 1 N–H and O–H groups in total. The Morgan fingerprint density at radius 2 is 2.17 bits per heavy atom. The van der Waals surface area contributed by atoms with Crippen molar-refractivity contribution in [2.24, 2.45) is 7.05 Å². The maximum absolute atomic E-state index is 9.87. The van der Waals surface area contributed by atoms with Gasteiger partial charge in [-0.1, -0.05) is 12.1 Å². The molecule has 1 heterocycles. The van der Waals surface area contributed by atoms with Crippen LogP contribution in [0, 0.1) is 11.3 Å². The van der Waals surface area contributed by atoms with Crippen LogP contribution < -0.4 is 0 Å². The van der Waals surface area contributed by atoms with Gasteiger partial charge in [-0.25, -0.2) is 0 Å². The summed E-state index contributed by atoms with van der Waals surface area (Å²) in [5.74, 6) is 0.234. The van der Waals surface area contributed by atoms with Crippen LogP contribution in [-0.4, -0.2) is 14.9 Å². The second-order valence-electron chi connectivity index (χ2n) is 4.21. The Morgan fingerprint density at radius 1 is 1.39 bits per heavy atom. The van der Waals surface area contributed by atoms with Gasteiger partial charge in [0.25, 0.3) is 0 Å². The number of para-hydroxylation sites is 1. The Kier molecular flexibility index (Phi) is 3.63. The van der Waals surface area contributed by atoms with Gasteiger partial charge in [-0.15, -0.1) is 0 Å². The van der Waals surface area contributed by atoms with Crippen molar-refractivity contribution in [3.63, 3.8) is 0 Å². The Balaban J connectivity index is 2.33. The maximum Gasteiger partial charge on any atom is 0.125 e. The molecule has 0 unspecified atom stereocenters. The van der Waals surface area contributed by atoms with E-state index in [0.29, 0.717) is 6.42 Å². The first kappa shape index (κ1) is 12.2. The molecule has 0 fully saturated rings. The summed E-state index contributed by atoms with van der Waals surface area (Å²) in [6, 6.07) is 9.31. The fourth-order valence-electron chi connectivity index (χ4n) is 1.98. The Morgan fingerprint density at radius 3 is 2.89 bits per heavy atom. The molecule has 0 aliphatic carbocycles. The van der Waals surface area contributed by atoms with Gasteiger partial charge in [0.05, 0.1) is 11.8 Å². The highest BCUT2D eigenvalue weighted by atomic mass is 16.3. The van der Waals surface area contributed by atoms with Crippen LogP contribution >= 0.6 is 0 Å². The zero-order valence-electron chi connectivity index (χ0n) is 10.3. The van der Waals surface area contributed by atoms with Gasteiger partial charge in [-0.05, 0) is 30.5 Å². The minimum atomic E-state index is 0.234. The highest BCUT2D eigenvalue weighted by Gasteiger charge is 2.12. The number of phenols is 1. The molecule has 0 saturated carbocycles. The first-order valence-corrected chi connectivity index (χ1v) is 5.90. The first-order chi connectivity index (χ1) is 8.72. The van der Waals surface area contributed by atoms with Crippen LogP contribution in [0.3, 0.4) is 0 Å². The van der Waals surface area contributed by atoms with Crippen molar-refractivity contribution in [2.45, 2.75) is 19.3 Å². The molecule has 0 atom stereocenters. The lowest BCUT2D eigenvalue weighted by molar-refractivity contribution is 0.477. The molecule has 2 aromatic rings. The van der Waals surface area contributed by atoms with Crippen LogP contribution in [-0.2, 0) is 13.5 Å². The first-order valence-electron chi connectivity index (χ1n) is 5.90. The van der Waals surface area contributed by atoms with Gasteiger partial charge in [-0.2, -0.15) is 10.4 Å². The third-order valence-corrected chi connectivity index (χ3v) is 2.80. The fourth-order valence-corrected chi connectivity index (χ4v) is 1.98. The molecular weight excluding hydrogens is 226 g/mol. The summed E-state index contributed by atoms with van der Waals surface area (Å²) in [5.41, 5.74) is 2.60. The summed E-state index contributed by atoms with van der Waals surface area (Å²) in [5, 5.41) is 22.8. The van der Waals surface area contributed by atoms with E-state index in [1.165, 1.54) is 0 Å². The number of aromatic hydroxyl groups is 1. The average Bonchev–Trinajstić information content (AvgIpc) is 2.71. The van der Waals surface area contributed by atoms with Crippen molar-refractivity contribution >= 4 is 0 Å². The number of nitriles is 1. The molecule has 0 radical (unpaired) electrons. The third-order valence-electron chi connectivity index (χ3n) is 2.80. The van der Waals surface area contributed by atoms with Crippen molar-refractivity contribution in [1.29, 1.82) is 5.26 Å². The molecule has 4 nitrogen and oxygen atoms in total. The van der Waals surface area contributed by atoms with Gasteiger partial charge in [0, 0.05) is 25.2 Å². The van der Waals surface area contributed by atoms with E-state index in [1.807, 2.05) is 25.4 Å². The summed E-state index contributed by atoms with van der Waals surface area (Å²) >= 11 is 0. The average molecular weight is 241 g/mol. The van der Waals surface area contributed by atoms with Crippen LogP contribution in [0.1, 0.15) is 18.4 Å². The summed E-state index contributed by atoms with van der Waals surface area (Å²) < 4.78 is 1.74. The van der Waals surface area contributed by atoms with E-state index < -0.39 is 0 Å². The number of hydrogen-bond acceptors (Lipinski definition) is 3. The van der Waals surface area contributed by atoms with Gasteiger partial charge in [0.15, 0.2) is 0 Å². The molecule has 18 heavy (non-hydrogen) atoms. The minimum absolute atomic E-state index is 0.234. The van der Waals surface area contributed by atoms with E-state index in [-0.39, 0.29) is 5.75 Å². The van der Waals surface area contributed by atoms with Crippen molar-refractivity contribution < 1.29 is 5.11 Å². The minimum Gasteiger partial charge on any atom is -0.507 e. The molecule has 92 valence electrons. The molecule has 0 spiro atoms. The molecule has 0 aliphatic rings. The normalized spacial score (nSPS) is 10.2. The molecule has 4 heteroatoms. The molecule has 0 bridgehead atoms. The lowest BCUT2D eigenvalue weighted by Gasteiger charge is -2.03. The van der Waals surface area contributed by atoms with Crippen LogP contribution in [0.4, 0.5) is 0 Å².